The average molecular weight is 247 g/mol. The maximum absolute atomic E-state index is 8.59. The lowest BCUT2D eigenvalue weighted by atomic mass is 10.2. The molecule has 1 heterocycles. The molecule has 15 heavy (non-hydrogen) atoms. The van der Waals surface area contributed by atoms with Gasteiger partial charge in [-0.1, -0.05) is 36.2 Å². The maximum Gasteiger partial charge on any atom is 0.188 e. The fraction of sp³-hybridized carbons (Fsp3) is 0.600. The van der Waals surface area contributed by atoms with Crippen molar-refractivity contribution in [1.29, 1.82) is 0 Å². The van der Waals surface area contributed by atoms with Crippen LogP contribution in [0.25, 0.3) is 0 Å². The molecule has 84 valence electrons. The summed E-state index contributed by atoms with van der Waals surface area (Å²) in [6.45, 7) is 0.296. The van der Waals surface area contributed by atoms with Crippen LogP contribution in [0.5, 0.6) is 0 Å². The number of hydrogen-bond acceptors (Lipinski definition) is 4. The molecule has 0 saturated carbocycles. The second-order valence-corrected chi connectivity index (χ2v) is 4.60. The van der Waals surface area contributed by atoms with E-state index in [9.17, 15) is 0 Å². The zero-order chi connectivity index (χ0) is 10.9. The third-order valence-electron chi connectivity index (χ3n) is 1.88. The van der Waals surface area contributed by atoms with E-state index in [1.807, 2.05) is 0 Å². The Bertz CT molecular complexity index is 286. The first-order valence-corrected chi connectivity index (χ1v) is 6.41. The summed E-state index contributed by atoms with van der Waals surface area (Å²) in [6.07, 6.45) is 5.93. The van der Waals surface area contributed by atoms with Gasteiger partial charge in [0.05, 0.1) is 0 Å². The Morgan fingerprint density at radius 1 is 1.27 bits per heavy atom. The number of rotatable bonds is 7. The van der Waals surface area contributed by atoms with Crippen LogP contribution >= 0.6 is 23.4 Å². The Morgan fingerprint density at radius 3 is 2.80 bits per heavy atom. The van der Waals surface area contributed by atoms with Gasteiger partial charge in [0.25, 0.3) is 0 Å². The van der Waals surface area contributed by atoms with Gasteiger partial charge in [-0.2, -0.15) is 0 Å². The topological polar surface area (TPSA) is 46.0 Å². The Hall–Kier alpha value is -0.320. The van der Waals surface area contributed by atoms with Gasteiger partial charge >= 0.3 is 0 Å². The molecule has 1 N–H and O–H groups in total. The van der Waals surface area contributed by atoms with Crippen LogP contribution in [0.3, 0.4) is 0 Å². The lowest BCUT2D eigenvalue weighted by Crippen LogP contribution is -1.89. The first-order valence-electron chi connectivity index (χ1n) is 5.05. The zero-order valence-electron chi connectivity index (χ0n) is 8.53. The number of aliphatic hydroxyl groups excluding tert-OH is 1. The van der Waals surface area contributed by atoms with E-state index in [0.717, 1.165) is 36.6 Å². The standard InChI is InChI=1S/C10H15ClN2OS/c11-9-5-6-12-10(13-9)15-8-4-2-1-3-7-14/h5-6,14H,1-4,7-8H2. The van der Waals surface area contributed by atoms with Gasteiger partial charge in [-0.05, 0) is 18.9 Å². The molecule has 0 saturated heterocycles. The Balaban J connectivity index is 2.10. The van der Waals surface area contributed by atoms with E-state index < -0.39 is 0 Å². The predicted molar refractivity (Wildman–Crippen MR) is 63.3 cm³/mol. The third-order valence-corrected chi connectivity index (χ3v) is 3.04. The second kappa shape index (κ2) is 7.91. The summed E-state index contributed by atoms with van der Waals surface area (Å²) >= 11 is 7.36. The highest BCUT2D eigenvalue weighted by Crippen LogP contribution is 2.16. The molecule has 1 aromatic rings. The minimum atomic E-state index is 0.296. The van der Waals surface area contributed by atoms with Crippen molar-refractivity contribution in [3.63, 3.8) is 0 Å². The highest BCUT2D eigenvalue weighted by molar-refractivity contribution is 7.99. The summed E-state index contributed by atoms with van der Waals surface area (Å²) in [7, 11) is 0. The minimum Gasteiger partial charge on any atom is -0.396 e. The Labute approximate surface area is 99.3 Å². The van der Waals surface area contributed by atoms with E-state index in [4.69, 9.17) is 16.7 Å². The lowest BCUT2D eigenvalue weighted by molar-refractivity contribution is 0.283. The second-order valence-electron chi connectivity index (χ2n) is 3.15. The quantitative estimate of drug-likeness (QED) is 0.348. The molecule has 0 aliphatic heterocycles. The molecular formula is C10H15ClN2OS. The molecular weight excluding hydrogens is 232 g/mol. The molecule has 0 unspecified atom stereocenters. The lowest BCUT2D eigenvalue weighted by Gasteiger charge is -2.00. The summed E-state index contributed by atoms with van der Waals surface area (Å²) in [6, 6.07) is 1.67. The highest BCUT2D eigenvalue weighted by Gasteiger charge is 1.98. The number of nitrogens with zero attached hydrogens (tertiary/aromatic N) is 2. The molecule has 0 aliphatic carbocycles. The van der Waals surface area contributed by atoms with Crippen LogP contribution in [0.2, 0.25) is 5.15 Å². The van der Waals surface area contributed by atoms with Gasteiger partial charge in [-0.3, -0.25) is 0 Å². The van der Waals surface area contributed by atoms with Crippen LogP contribution in [0.4, 0.5) is 0 Å². The fourth-order valence-corrected chi connectivity index (χ4v) is 2.14. The van der Waals surface area contributed by atoms with Crippen molar-refractivity contribution in [1.82, 2.24) is 9.97 Å². The van der Waals surface area contributed by atoms with Crippen LogP contribution in [0, 0.1) is 0 Å². The number of aliphatic hydroxyl groups is 1. The molecule has 0 bridgehead atoms. The number of halogens is 1. The van der Waals surface area contributed by atoms with Crippen molar-refractivity contribution in [2.24, 2.45) is 0 Å². The summed E-state index contributed by atoms with van der Waals surface area (Å²) < 4.78 is 0. The predicted octanol–water partition coefficient (Wildman–Crippen LogP) is 2.77. The number of unbranched alkanes of at least 4 members (excludes halogenated alkanes) is 3. The van der Waals surface area contributed by atoms with Gasteiger partial charge in [-0.15, -0.1) is 0 Å². The molecule has 0 spiro atoms. The highest BCUT2D eigenvalue weighted by atomic mass is 35.5. The van der Waals surface area contributed by atoms with Crippen LogP contribution in [-0.2, 0) is 0 Å². The van der Waals surface area contributed by atoms with E-state index in [1.165, 1.54) is 0 Å². The molecule has 1 rings (SSSR count). The molecule has 0 radical (unpaired) electrons. The summed E-state index contributed by atoms with van der Waals surface area (Å²) in [4.78, 5) is 8.19. The number of thioether (sulfide) groups is 1. The molecule has 0 aliphatic rings. The molecule has 0 aromatic carbocycles. The van der Waals surface area contributed by atoms with Crippen molar-refractivity contribution in [3.8, 4) is 0 Å². The first-order chi connectivity index (χ1) is 7.33. The number of hydrogen-bond donors (Lipinski definition) is 1. The van der Waals surface area contributed by atoms with Crippen molar-refractivity contribution in [2.75, 3.05) is 12.4 Å². The van der Waals surface area contributed by atoms with Gasteiger partial charge < -0.3 is 5.11 Å². The maximum atomic E-state index is 8.59. The largest absolute Gasteiger partial charge is 0.396 e. The van der Waals surface area contributed by atoms with Gasteiger partial charge in [0.2, 0.25) is 0 Å². The Kier molecular flexibility index (Phi) is 6.72. The number of aromatic nitrogens is 2. The van der Waals surface area contributed by atoms with Crippen LogP contribution in [0.15, 0.2) is 17.4 Å². The van der Waals surface area contributed by atoms with E-state index in [-0.39, 0.29) is 0 Å². The molecule has 0 fully saturated rings. The van der Waals surface area contributed by atoms with Gasteiger partial charge in [0.1, 0.15) is 5.15 Å². The van der Waals surface area contributed by atoms with Crippen molar-refractivity contribution < 1.29 is 5.11 Å². The van der Waals surface area contributed by atoms with E-state index in [1.54, 1.807) is 24.0 Å². The van der Waals surface area contributed by atoms with Crippen molar-refractivity contribution in [2.45, 2.75) is 30.8 Å². The van der Waals surface area contributed by atoms with Crippen molar-refractivity contribution in [3.05, 3.63) is 17.4 Å². The van der Waals surface area contributed by atoms with Crippen LogP contribution < -0.4 is 0 Å². The van der Waals surface area contributed by atoms with E-state index >= 15 is 0 Å². The molecule has 1 aromatic heterocycles. The monoisotopic (exact) mass is 246 g/mol. The van der Waals surface area contributed by atoms with Crippen molar-refractivity contribution >= 4 is 23.4 Å². The Morgan fingerprint density at radius 2 is 2.07 bits per heavy atom. The van der Waals surface area contributed by atoms with Crippen LogP contribution in [0.1, 0.15) is 25.7 Å². The SMILES string of the molecule is OCCCCCCSc1nccc(Cl)n1. The zero-order valence-corrected chi connectivity index (χ0v) is 10.1. The molecule has 3 nitrogen and oxygen atoms in total. The van der Waals surface area contributed by atoms with Gasteiger partial charge in [0, 0.05) is 18.6 Å². The third kappa shape index (κ3) is 5.97. The average Bonchev–Trinajstić information content (AvgIpc) is 2.23. The summed E-state index contributed by atoms with van der Waals surface area (Å²) in [5, 5.41) is 9.83. The summed E-state index contributed by atoms with van der Waals surface area (Å²) in [5.41, 5.74) is 0. The molecule has 5 heteroatoms. The molecule has 0 amide bonds. The fourth-order valence-electron chi connectivity index (χ4n) is 1.12. The minimum absolute atomic E-state index is 0.296. The smallest absolute Gasteiger partial charge is 0.188 e. The van der Waals surface area contributed by atoms with Gasteiger partial charge in [0.15, 0.2) is 5.16 Å². The molecule has 0 atom stereocenters. The van der Waals surface area contributed by atoms with Crippen LogP contribution in [-0.4, -0.2) is 27.4 Å². The summed E-state index contributed by atoms with van der Waals surface area (Å²) in [5.74, 6) is 1.01. The van der Waals surface area contributed by atoms with E-state index in [2.05, 4.69) is 9.97 Å². The van der Waals surface area contributed by atoms with Gasteiger partial charge in [-0.25, -0.2) is 9.97 Å². The first kappa shape index (κ1) is 12.7. The normalized spacial score (nSPS) is 10.5. The van der Waals surface area contributed by atoms with E-state index in [0.29, 0.717) is 11.8 Å².